The molecule has 0 saturated carbocycles. The van der Waals surface area contributed by atoms with Crippen molar-refractivity contribution in [2.24, 2.45) is 0 Å². The van der Waals surface area contributed by atoms with Crippen molar-refractivity contribution in [1.82, 2.24) is 10.2 Å². The van der Waals surface area contributed by atoms with Gasteiger partial charge in [0.25, 0.3) is 10.0 Å². The van der Waals surface area contributed by atoms with Crippen molar-refractivity contribution in [3.63, 3.8) is 0 Å². The van der Waals surface area contributed by atoms with Crippen LogP contribution in [0.3, 0.4) is 0 Å². The van der Waals surface area contributed by atoms with E-state index in [4.69, 9.17) is 11.6 Å². The van der Waals surface area contributed by atoms with Gasteiger partial charge in [-0.15, -0.1) is 0 Å². The second-order valence-electron chi connectivity index (χ2n) is 8.95. The number of sulfonamides is 1. The highest BCUT2D eigenvalue weighted by Gasteiger charge is 2.32. The average Bonchev–Trinajstić information content (AvgIpc) is 2.90. The van der Waals surface area contributed by atoms with Crippen LogP contribution >= 0.6 is 27.5 Å². The Labute approximate surface area is 238 Å². The van der Waals surface area contributed by atoms with Crippen LogP contribution in [0.4, 0.5) is 5.69 Å². The van der Waals surface area contributed by atoms with E-state index in [9.17, 15) is 18.0 Å². The summed E-state index contributed by atoms with van der Waals surface area (Å²) in [6.07, 6.45) is 0.729. The van der Waals surface area contributed by atoms with Gasteiger partial charge in [0.05, 0.1) is 10.6 Å². The maximum atomic E-state index is 13.9. The Balaban J connectivity index is 2.02. The molecule has 0 saturated heterocycles. The second-order valence-corrected chi connectivity index (χ2v) is 12.2. The Morgan fingerprint density at radius 3 is 2.29 bits per heavy atom. The number of amides is 2. The standard InChI is InChI=1S/C28H31BrClN3O4S/c1-4-20(2)31-28(35)21(3)32(18-22-10-8-12-24(30)16-22)27(34)19-33(25-13-9-11-23(29)17-25)38(36,37)26-14-6-5-7-15-26/h5-17,20-21H,4,18-19H2,1-3H3,(H,31,35)/t20-,21+/m0/s1. The SMILES string of the molecule is CC[C@H](C)NC(=O)[C@@H](C)N(Cc1cccc(Cl)c1)C(=O)CN(c1cccc(Br)c1)S(=O)(=O)c1ccccc1. The summed E-state index contributed by atoms with van der Waals surface area (Å²) < 4.78 is 29.2. The minimum atomic E-state index is -4.10. The van der Waals surface area contributed by atoms with Gasteiger partial charge >= 0.3 is 0 Å². The molecule has 7 nitrogen and oxygen atoms in total. The van der Waals surface area contributed by atoms with Gasteiger partial charge in [-0.2, -0.15) is 0 Å². The molecule has 0 radical (unpaired) electrons. The Bertz CT molecular complexity index is 1370. The molecule has 202 valence electrons. The van der Waals surface area contributed by atoms with E-state index in [2.05, 4.69) is 21.2 Å². The molecule has 0 fully saturated rings. The summed E-state index contributed by atoms with van der Waals surface area (Å²) in [5.41, 5.74) is 1.03. The predicted molar refractivity (Wildman–Crippen MR) is 154 cm³/mol. The van der Waals surface area contributed by atoms with Gasteiger partial charge < -0.3 is 10.2 Å². The predicted octanol–water partition coefficient (Wildman–Crippen LogP) is 5.63. The number of hydrogen-bond donors (Lipinski definition) is 1. The molecule has 38 heavy (non-hydrogen) atoms. The van der Waals surface area contributed by atoms with Crippen LogP contribution in [0.2, 0.25) is 5.02 Å². The summed E-state index contributed by atoms with van der Waals surface area (Å²) >= 11 is 9.56. The summed E-state index contributed by atoms with van der Waals surface area (Å²) in [5.74, 6) is -0.856. The molecule has 0 bridgehead atoms. The van der Waals surface area contributed by atoms with Gasteiger partial charge in [0.2, 0.25) is 11.8 Å². The molecule has 2 amide bonds. The minimum Gasteiger partial charge on any atom is -0.352 e. The van der Waals surface area contributed by atoms with Crippen LogP contribution in [0, 0.1) is 0 Å². The number of nitrogens with zero attached hydrogens (tertiary/aromatic N) is 2. The minimum absolute atomic E-state index is 0.0525. The molecule has 1 N–H and O–H groups in total. The number of benzene rings is 3. The van der Waals surface area contributed by atoms with Crippen molar-refractivity contribution < 1.29 is 18.0 Å². The third-order valence-corrected chi connectivity index (χ3v) is 8.63. The number of halogens is 2. The van der Waals surface area contributed by atoms with Gasteiger partial charge in [-0.3, -0.25) is 13.9 Å². The van der Waals surface area contributed by atoms with Crippen molar-refractivity contribution in [2.45, 2.75) is 50.7 Å². The van der Waals surface area contributed by atoms with Crippen LogP contribution in [-0.4, -0.2) is 43.8 Å². The van der Waals surface area contributed by atoms with E-state index in [0.717, 1.165) is 10.7 Å². The lowest BCUT2D eigenvalue weighted by molar-refractivity contribution is -0.139. The largest absolute Gasteiger partial charge is 0.352 e. The fourth-order valence-electron chi connectivity index (χ4n) is 3.76. The van der Waals surface area contributed by atoms with E-state index in [1.54, 1.807) is 73.7 Å². The second kappa shape index (κ2) is 13.3. The zero-order valence-corrected chi connectivity index (χ0v) is 24.6. The molecule has 0 aliphatic carbocycles. The number of nitrogens with one attached hydrogen (secondary N) is 1. The summed E-state index contributed by atoms with van der Waals surface area (Å²) in [6, 6.07) is 20.7. The summed E-state index contributed by atoms with van der Waals surface area (Å²) in [7, 11) is -4.10. The first-order valence-corrected chi connectivity index (χ1v) is 14.8. The van der Waals surface area contributed by atoms with Crippen LogP contribution in [0.25, 0.3) is 0 Å². The smallest absolute Gasteiger partial charge is 0.264 e. The molecule has 0 unspecified atom stereocenters. The molecule has 2 atom stereocenters. The Morgan fingerprint density at radius 2 is 1.66 bits per heavy atom. The molecule has 0 spiro atoms. The maximum absolute atomic E-state index is 13.9. The van der Waals surface area contributed by atoms with Crippen molar-refractivity contribution in [3.05, 3.63) is 93.9 Å². The molecule has 0 heterocycles. The molecular formula is C28H31BrClN3O4S. The molecule has 3 aromatic carbocycles. The van der Waals surface area contributed by atoms with E-state index < -0.39 is 28.5 Å². The van der Waals surface area contributed by atoms with Gasteiger partial charge in [-0.1, -0.05) is 70.9 Å². The highest BCUT2D eigenvalue weighted by Crippen LogP contribution is 2.27. The van der Waals surface area contributed by atoms with Crippen LogP contribution < -0.4 is 9.62 Å². The van der Waals surface area contributed by atoms with Crippen molar-refractivity contribution in [2.75, 3.05) is 10.8 Å². The Morgan fingerprint density at radius 1 is 0.974 bits per heavy atom. The molecular weight excluding hydrogens is 590 g/mol. The lowest BCUT2D eigenvalue weighted by Gasteiger charge is -2.32. The third-order valence-electron chi connectivity index (χ3n) is 6.12. The zero-order valence-electron chi connectivity index (χ0n) is 21.5. The summed E-state index contributed by atoms with van der Waals surface area (Å²) in [5, 5.41) is 3.41. The van der Waals surface area contributed by atoms with Crippen LogP contribution in [0.15, 0.2) is 88.2 Å². The maximum Gasteiger partial charge on any atom is 0.264 e. The fraction of sp³-hybridized carbons (Fsp3) is 0.286. The fourth-order valence-corrected chi connectivity index (χ4v) is 5.79. The third kappa shape index (κ3) is 7.58. The van der Waals surface area contributed by atoms with Gasteiger partial charge in [-0.25, -0.2) is 8.42 Å². The highest BCUT2D eigenvalue weighted by atomic mass is 79.9. The van der Waals surface area contributed by atoms with E-state index in [0.29, 0.717) is 20.7 Å². The lowest BCUT2D eigenvalue weighted by atomic mass is 10.1. The van der Waals surface area contributed by atoms with E-state index in [1.807, 2.05) is 13.8 Å². The van der Waals surface area contributed by atoms with Crippen molar-refractivity contribution >= 4 is 55.1 Å². The van der Waals surface area contributed by atoms with Gasteiger partial charge in [0.1, 0.15) is 12.6 Å². The van der Waals surface area contributed by atoms with Gasteiger partial charge in [0.15, 0.2) is 0 Å². The number of anilines is 1. The first kappa shape index (κ1) is 29.7. The monoisotopic (exact) mass is 619 g/mol. The molecule has 3 rings (SSSR count). The highest BCUT2D eigenvalue weighted by molar-refractivity contribution is 9.10. The number of carbonyl (C=O) groups excluding carboxylic acids is 2. The zero-order chi connectivity index (χ0) is 27.9. The number of hydrogen-bond acceptors (Lipinski definition) is 4. The number of carbonyl (C=O) groups is 2. The molecule has 3 aromatic rings. The molecule has 0 aliphatic rings. The Kier molecular flexibility index (Phi) is 10.4. The topological polar surface area (TPSA) is 86.8 Å². The van der Waals surface area contributed by atoms with Crippen LogP contribution in [0.1, 0.15) is 32.8 Å². The first-order valence-electron chi connectivity index (χ1n) is 12.2. The average molecular weight is 621 g/mol. The lowest BCUT2D eigenvalue weighted by Crippen LogP contribution is -2.52. The van der Waals surface area contributed by atoms with Crippen molar-refractivity contribution in [1.29, 1.82) is 0 Å². The van der Waals surface area contributed by atoms with Crippen LogP contribution in [-0.2, 0) is 26.2 Å². The molecule has 10 heteroatoms. The summed E-state index contributed by atoms with van der Waals surface area (Å²) in [6.45, 7) is 5.04. The molecule has 0 aromatic heterocycles. The van der Waals surface area contributed by atoms with Crippen LogP contribution in [0.5, 0.6) is 0 Å². The van der Waals surface area contributed by atoms with Crippen molar-refractivity contribution in [3.8, 4) is 0 Å². The van der Waals surface area contributed by atoms with Gasteiger partial charge in [0, 0.05) is 22.1 Å². The van der Waals surface area contributed by atoms with E-state index in [-0.39, 0.29) is 23.4 Å². The normalized spacial score (nSPS) is 12.9. The van der Waals surface area contributed by atoms with E-state index >= 15 is 0 Å². The number of rotatable bonds is 11. The molecule has 0 aliphatic heterocycles. The summed E-state index contributed by atoms with van der Waals surface area (Å²) in [4.78, 5) is 28.4. The first-order chi connectivity index (χ1) is 18.0. The van der Waals surface area contributed by atoms with E-state index in [1.165, 1.54) is 17.0 Å². The van der Waals surface area contributed by atoms with Gasteiger partial charge in [-0.05, 0) is 68.3 Å². The quantitative estimate of drug-likeness (QED) is 0.301. The Hall–Kier alpha value is -2.88.